The molecule has 8 heteroatoms. The Morgan fingerprint density at radius 2 is 0.692 bits per heavy atom. The first-order valence-electron chi connectivity index (χ1n) is 2.05. The molecular formula is C5H24O6Ti2. The molecule has 0 fully saturated rings. The van der Waals surface area contributed by atoms with Gasteiger partial charge >= 0.3 is 0 Å². The molecule has 0 heterocycles. The van der Waals surface area contributed by atoms with Crippen molar-refractivity contribution >= 4 is 0 Å². The SMILES string of the molecule is C.CCO.CCO.O.O.O.O.[Ti].[Ti]. The van der Waals surface area contributed by atoms with Crippen LogP contribution in [-0.2, 0) is 43.4 Å². The summed E-state index contributed by atoms with van der Waals surface area (Å²) in [6.45, 7) is 3.86. The van der Waals surface area contributed by atoms with E-state index in [9.17, 15) is 0 Å². The van der Waals surface area contributed by atoms with Crippen molar-refractivity contribution in [3.8, 4) is 0 Å². The topological polar surface area (TPSA) is 166 Å². The zero-order chi connectivity index (χ0) is 5.41. The van der Waals surface area contributed by atoms with Crippen LogP contribution in [0.1, 0.15) is 21.3 Å². The van der Waals surface area contributed by atoms with Crippen molar-refractivity contribution in [1.29, 1.82) is 0 Å². The van der Waals surface area contributed by atoms with E-state index in [0.29, 0.717) is 0 Å². The first kappa shape index (κ1) is 91.7. The summed E-state index contributed by atoms with van der Waals surface area (Å²) in [4.78, 5) is 0. The molecule has 88 valence electrons. The van der Waals surface area contributed by atoms with Crippen LogP contribution in [0, 0.1) is 0 Å². The maximum atomic E-state index is 7.57. The van der Waals surface area contributed by atoms with Crippen LogP contribution in [0.2, 0.25) is 0 Å². The van der Waals surface area contributed by atoms with Gasteiger partial charge in [0.05, 0.1) is 0 Å². The van der Waals surface area contributed by atoms with Crippen molar-refractivity contribution < 1.29 is 75.6 Å². The summed E-state index contributed by atoms with van der Waals surface area (Å²) in [6, 6.07) is 0. The second-order valence-electron chi connectivity index (χ2n) is 0.632. The molecule has 0 aliphatic rings. The van der Waals surface area contributed by atoms with Crippen LogP contribution in [0.5, 0.6) is 0 Å². The second kappa shape index (κ2) is 193. The maximum Gasteiger partial charge on any atom is 0.0402 e. The zero-order valence-corrected chi connectivity index (χ0v) is 10.4. The minimum absolute atomic E-state index is 0. The monoisotopic (exact) mass is 276 g/mol. The van der Waals surface area contributed by atoms with Crippen molar-refractivity contribution in [2.24, 2.45) is 0 Å². The van der Waals surface area contributed by atoms with E-state index in [-0.39, 0.29) is 86.0 Å². The van der Waals surface area contributed by atoms with Gasteiger partial charge in [0.15, 0.2) is 0 Å². The zero-order valence-electron chi connectivity index (χ0n) is 7.31. The first-order chi connectivity index (χ1) is 2.83. The molecule has 0 saturated heterocycles. The van der Waals surface area contributed by atoms with Crippen LogP contribution in [0.3, 0.4) is 0 Å². The Morgan fingerprint density at radius 3 is 0.692 bits per heavy atom. The number of aliphatic hydroxyl groups is 2. The largest absolute Gasteiger partial charge is 0.412 e. The molecule has 0 atom stereocenters. The van der Waals surface area contributed by atoms with Crippen molar-refractivity contribution in [2.75, 3.05) is 13.2 Å². The minimum Gasteiger partial charge on any atom is -0.412 e. The predicted molar refractivity (Wildman–Crippen MR) is 46.7 cm³/mol. The number of rotatable bonds is 0. The molecule has 0 unspecified atom stereocenters. The molecule has 0 radical (unpaired) electrons. The molecule has 0 rings (SSSR count). The summed E-state index contributed by atoms with van der Waals surface area (Å²) in [6.07, 6.45) is 0. The third-order valence-electron chi connectivity index (χ3n) is 0. The molecule has 0 aliphatic carbocycles. The Labute approximate surface area is 110 Å². The van der Waals surface area contributed by atoms with Gasteiger partial charge in [-0.1, -0.05) is 7.43 Å². The molecular weight excluding hydrogens is 252 g/mol. The van der Waals surface area contributed by atoms with Crippen LogP contribution < -0.4 is 0 Å². The van der Waals surface area contributed by atoms with E-state index in [1.54, 1.807) is 13.8 Å². The van der Waals surface area contributed by atoms with Gasteiger partial charge in [-0.3, -0.25) is 0 Å². The van der Waals surface area contributed by atoms with E-state index >= 15 is 0 Å². The molecule has 6 nitrogen and oxygen atoms in total. The molecule has 10 N–H and O–H groups in total. The Bertz CT molecular complexity index is 21.0. The van der Waals surface area contributed by atoms with Gasteiger partial charge in [-0.05, 0) is 13.8 Å². The average Bonchev–Trinajstić information content (AvgIpc) is 1.39. The third kappa shape index (κ3) is 1170. The minimum atomic E-state index is 0. The molecule has 0 amide bonds. The van der Waals surface area contributed by atoms with E-state index in [4.69, 9.17) is 10.2 Å². The van der Waals surface area contributed by atoms with Gasteiger partial charge in [0, 0.05) is 56.6 Å². The van der Waals surface area contributed by atoms with Crippen LogP contribution >= 0.6 is 0 Å². The van der Waals surface area contributed by atoms with Gasteiger partial charge in [0.1, 0.15) is 0 Å². The van der Waals surface area contributed by atoms with Crippen LogP contribution in [0.15, 0.2) is 0 Å². The Hall–Kier alpha value is 1.19. The Kier molecular flexibility index (Phi) is 1360. The number of aliphatic hydroxyl groups excluding tert-OH is 2. The van der Waals surface area contributed by atoms with Gasteiger partial charge in [-0.15, -0.1) is 0 Å². The van der Waals surface area contributed by atoms with Gasteiger partial charge in [0.25, 0.3) is 0 Å². The number of hydrogen-bond donors (Lipinski definition) is 2. The molecule has 0 aliphatic heterocycles. The normalized spacial score (nSPS) is 2.77. The van der Waals surface area contributed by atoms with E-state index in [1.165, 1.54) is 0 Å². The fraction of sp³-hybridized carbons (Fsp3) is 1.00. The van der Waals surface area contributed by atoms with E-state index in [1.807, 2.05) is 0 Å². The summed E-state index contributed by atoms with van der Waals surface area (Å²) in [5, 5.41) is 15.1. The smallest absolute Gasteiger partial charge is 0.0402 e. The van der Waals surface area contributed by atoms with Crippen LogP contribution in [0.25, 0.3) is 0 Å². The average molecular weight is 276 g/mol. The summed E-state index contributed by atoms with van der Waals surface area (Å²) >= 11 is 0. The Morgan fingerprint density at radius 1 is 0.692 bits per heavy atom. The third-order valence-corrected chi connectivity index (χ3v) is 0. The molecule has 0 aromatic heterocycles. The first-order valence-corrected chi connectivity index (χ1v) is 2.05. The fourth-order valence-electron chi connectivity index (χ4n) is 0. The second-order valence-corrected chi connectivity index (χ2v) is 0.632. The quantitative estimate of drug-likeness (QED) is 0.461. The molecule has 0 bridgehead atoms. The van der Waals surface area contributed by atoms with Gasteiger partial charge in [0.2, 0.25) is 0 Å². The molecule has 0 aromatic rings. The van der Waals surface area contributed by atoms with Gasteiger partial charge < -0.3 is 32.1 Å². The van der Waals surface area contributed by atoms with Crippen molar-refractivity contribution in [2.45, 2.75) is 21.3 Å². The fourth-order valence-corrected chi connectivity index (χ4v) is 0. The standard InChI is InChI=1S/2C2H6O.CH4.4H2O.2Ti/c2*1-2-3;;;;;;;/h2*3H,2H2,1H3;1H4;4*1H2;;. The van der Waals surface area contributed by atoms with Crippen molar-refractivity contribution in [3.05, 3.63) is 0 Å². The van der Waals surface area contributed by atoms with E-state index in [0.717, 1.165) is 0 Å². The molecule has 0 spiro atoms. The van der Waals surface area contributed by atoms with Crippen LogP contribution in [0.4, 0.5) is 0 Å². The summed E-state index contributed by atoms with van der Waals surface area (Å²) < 4.78 is 0. The summed E-state index contributed by atoms with van der Waals surface area (Å²) in [7, 11) is 0. The summed E-state index contributed by atoms with van der Waals surface area (Å²) in [5.74, 6) is 0. The van der Waals surface area contributed by atoms with Crippen molar-refractivity contribution in [3.63, 3.8) is 0 Å². The molecule has 0 aromatic carbocycles. The molecule has 0 saturated carbocycles. The van der Waals surface area contributed by atoms with Crippen molar-refractivity contribution in [1.82, 2.24) is 0 Å². The number of hydrogen-bond acceptors (Lipinski definition) is 2. The van der Waals surface area contributed by atoms with E-state index < -0.39 is 0 Å². The van der Waals surface area contributed by atoms with Crippen LogP contribution in [-0.4, -0.2) is 45.3 Å². The summed E-state index contributed by atoms with van der Waals surface area (Å²) in [5.41, 5.74) is 0. The molecule has 13 heavy (non-hydrogen) atoms. The van der Waals surface area contributed by atoms with E-state index in [2.05, 4.69) is 0 Å². The maximum absolute atomic E-state index is 7.57. The van der Waals surface area contributed by atoms with Gasteiger partial charge in [-0.2, -0.15) is 0 Å². The predicted octanol–water partition coefficient (Wildman–Crippen LogP) is -2.67. The Balaban J connectivity index is -0.00000000229. The van der Waals surface area contributed by atoms with Gasteiger partial charge in [-0.25, -0.2) is 0 Å².